The van der Waals surface area contributed by atoms with Crippen molar-refractivity contribution in [1.82, 2.24) is 14.7 Å². The molecule has 3 heteroatoms. The van der Waals surface area contributed by atoms with Crippen LogP contribution in [0.5, 0.6) is 0 Å². The lowest BCUT2D eigenvalue weighted by Crippen LogP contribution is -2.58. The highest BCUT2D eigenvalue weighted by Crippen LogP contribution is 2.47. The topological polar surface area (TPSA) is 9.72 Å². The van der Waals surface area contributed by atoms with Crippen molar-refractivity contribution in [3.05, 3.63) is 0 Å². The van der Waals surface area contributed by atoms with Crippen molar-refractivity contribution in [2.45, 2.75) is 302 Å². The molecule has 346 valence electrons. The summed E-state index contributed by atoms with van der Waals surface area (Å²) in [5, 5.41) is 0. The van der Waals surface area contributed by atoms with E-state index in [2.05, 4.69) is 70.1 Å². The molecule has 0 bridgehead atoms. The summed E-state index contributed by atoms with van der Waals surface area (Å²) in [4.78, 5) is 9.96. The van der Waals surface area contributed by atoms with Crippen LogP contribution >= 0.6 is 0 Å². The maximum Gasteiger partial charge on any atom is 0.0106 e. The summed E-state index contributed by atoms with van der Waals surface area (Å²) >= 11 is 0. The van der Waals surface area contributed by atoms with Gasteiger partial charge in [0.25, 0.3) is 0 Å². The second-order valence-electron chi connectivity index (χ2n) is 25.9. The van der Waals surface area contributed by atoms with Gasteiger partial charge in [-0.05, 0) is 207 Å². The highest BCUT2D eigenvalue weighted by Gasteiger charge is 2.46. The molecule has 0 aromatic heterocycles. The zero-order valence-electron chi connectivity index (χ0n) is 41.5. The Kier molecular flexibility index (Phi) is 16.6. The van der Waals surface area contributed by atoms with Crippen LogP contribution in [0.15, 0.2) is 0 Å². The second kappa shape index (κ2) is 21.5. The molecule has 0 aromatic rings. The maximum absolute atomic E-state index is 3.37. The Labute approximate surface area is 374 Å². The van der Waals surface area contributed by atoms with Gasteiger partial charge in [0.2, 0.25) is 0 Å². The van der Waals surface area contributed by atoms with E-state index in [1.807, 2.05) is 0 Å². The Morgan fingerprint density at radius 3 is 0.733 bits per heavy atom. The van der Waals surface area contributed by atoms with E-state index < -0.39 is 0 Å². The lowest BCUT2D eigenvalue weighted by molar-refractivity contribution is -0.0465. The van der Waals surface area contributed by atoms with Crippen LogP contribution < -0.4 is 0 Å². The molecular formula is C57H103N3. The Morgan fingerprint density at radius 2 is 0.433 bits per heavy atom. The van der Waals surface area contributed by atoms with Crippen molar-refractivity contribution in [3.8, 4) is 0 Å². The maximum atomic E-state index is 3.37. The molecule has 0 aromatic carbocycles. The van der Waals surface area contributed by atoms with Crippen molar-refractivity contribution in [2.75, 3.05) is 0 Å². The van der Waals surface area contributed by atoms with Crippen molar-refractivity contribution in [1.29, 1.82) is 0 Å². The van der Waals surface area contributed by atoms with Gasteiger partial charge in [-0.25, -0.2) is 0 Å². The molecule has 8 aliphatic carbocycles. The molecule has 0 aliphatic heterocycles. The van der Waals surface area contributed by atoms with Crippen LogP contribution in [-0.4, -0.2) is 69.1 Å². The van der Waals surface area contributed by atoms with Crippen LogP contribution in [0.4, 0.5) is 0 Å². The van der Waals surface area contributed by atoms with E-state index in [0.717, 1.165) is 114 Å². The van der Waals surface area contributed by atoms with E-state index in [1.165, 1.54) is 167 Å². The molecule has 0 amide bonds. The average Bonchev–Trinajstić information content (AvgIpc) is 3.38. The fourth-order valence-electron chi connectivity index (χ4n) is 18.0. The summed E-state index contributed by atoms with van der Waals surface area (Å²) in [7, 11) is 0. The van der Waals surface area contributed by atoms with Gasteiger partial charge in [-0.1, -0.05) is 100 Å². The lowest BCUT2D eigenvalue weighted by Gasteiger charge is -2.54. The Balaban J connectivity index is 0.989. The van der Waals surface area contributed by atoms with Crippen LogP contribution in [0.2, 0.25) is 0 Å². The molecule has 0 saturated heterocycles. The molecule has 8 unspecified atom stereocenters. The number of nitrogens with zero attached hydrogens (tertiary/aromatic N) is 3. The first-order valence-corrected chi connectivity index (χ1v) is 28.3. The summed E-state index contributed by atoms with van der Waals surface area (Å²) in [6.45, 7) is 20.8. The van der Waals surface area contributed by atoms with Crippen molar-refractivity contribution >= 4 is 0 Å². The first kappa shape index (κ1) is 46.4. The minimum absolute atomic E-state index is 0.830. The smallest absolute Gasteiger partial charge is 0.0106 e. The monoisotopic (exact) mass is 830 g/mol. The average molecular weight is 830 g/mol. The number of hydrogen-bond donors (Lipinski definition) is 0. The quantitative estimate of drug-likeness (QED) is 0.203. The van der Waals surface area contributed by atoms with Gasteiger partial charge >= 0.3 is 0 Å². The summed E-state index contributed by atoms with van der Waals surface area (Å²) in [5.41, 5.74) is 0. The van der Waals surface area contributed by atoms with Gasteiger partial charge in [0.15, 0.2) is 0 Å². The van der Waals surface area contributed by atoms with Gasteiger partial charge in [0.05, 0.1) is 0 Å². The van der Waals surface area contributed by atoms with Crippen molar-refractivity contribution < 1.29 is 0 Å². The van der Waals surface area contributed by atoms with Crippen LogP contribution in [-0.2, 0) is 0 Å². The second-order valence-corrected chi connectivity index (χ2v) is 25.9. The fraction of sp³-hybridized carbons (Fsp3) is 1.00. The molecule has 0 N–H and O–H groups in total. The van der Waals surface area contributed by atoms with E-state index in [1.54, 1.807) is 25.7 Å². The predicted molar refractivity (Wildman–Crippen MR) is 258 cm³/mol. The molecule has 0 heterocycles. The molecule has 0 radical (unpaired) electrons. The van der Waals surface area contributed by atoms with Crippen LogP contribution in [0.3, 0.4) is 0 Å². The van der Waals surface area contributed by atoms with Crippen LogP contribution in [0.1, 0.15) is 248 Å². The van der Waals surface area contributed by atoms with E-state index in [-0.39, 0.29) is 0 Å². The first-order chi connectivity index (χ1) is 29.0. The summed E-state index contributed by atoms with van der Waals surface area (Å²) < 4.78 is 0. The lowest BCUT2D eigenvalue weighted by atomic mass is 9.71. The molecule has 8 fully saturated rings. The SMILES string of the molecule is CC1CCC(C)CC(N(C2CCC(N(C3CCC(C4CCCCC4)CC3)C3CCC(N(C4CC(C)CC(C)C4)C4CC(C)CC(C)C4)CC3)CC2)C2CC(C)CC(C)C2)C1. The fourth-order valence-corrected chi connectivity index (χ4v) is 18.0. The van der Waals surface area contributed by atoms with E-state index in [9.17, 15) is 0 Å². The normalized spacial score (nSPS) is 47.0. The van der Waals surface area contributed by atoms with Crippen molar-refractivity contribution in [2.24, 2.45) is 59.2 Å². The summed E-state index contributed by atoms with van der Waals surface area (Å²) in [6, 6.07) is 7.56. The Morgan fingerprint density at radius 1 is 0.200 bits per heavy atom. The number of rotatable bonds is 10. The third-order valence-electron chi connectivity index (χ3n) is 20.1. The van der Waals surface area contributed by atoms with E-state index in [4.69, 9.17) is 0 Å². The van der Waals surface area contributed by atoms with Crippen LogP contribution in [0, 0.1) is 59.2 Å². The third kappa shape index (κ3) is 11.6. The highest BCUT2D eigenvalue weighted by atomic mass is 15.3. The molecule has 60 heavy (non-hydrogen) atoms. The Bertz CT molecular complexity index is 1180. The van der Waals surface area contributed by atoms with Gasteiger partial charge in [0.1, 0.15) is 0 Å². The standard InChI is InChI=1S/C57H103N3/c1-39-14-15-40(2)32-54(31-39)59(55-33-41(3)28-42(4)34-55)52-24-20-50(21-25-52)58(49-18-16-48(17-19-49)47-12-10-9-11-13-47)51-22-26-53(27-23-51)60(56-35-43(5)29-44(6)36-56)57-37-45(7)30-46(8)38-57/h39-57H,9-38H2,1-8H3. The largest absolute Gasteiger partial charge is 0.294 e. The minimum Gasteiger partial charge on any atom is -0.294 e. The third-order valence-corrected chi connectivity index (χ3v) is 20.1. The molecule has 3 nitrogen and oxygen atoms in total. The summed E-state index contributed by atoms with van der Waals surface area (Å²) in [6.07, 6.45) is 44.7. The van der Waals surface area contributed by atoms with Crippen LogP contribution in [0.25, 0.3) is 0 Å². The van der Waals surface area contributed by atoms with Crippen molar-refractivity contribution in [3.63, 3.8) is 0 Å². The molecule has 0 spiro atoms. The zero-order valence-corrected chi connectivity index (χ0v) is 41.5. The minimum atomic E-state index is 0.830. The van der Waals surface area contributed by atoms with Gasteiger partial charge in [-0.3, -0.25) is 14.7 Å². The van der Waals surface area contributed by atoms with Gasteiger partial charge < -0.3 is 0 Å². The first-order valence-electron chi connectivity index (χ1n) is 28.3. The van der Waals surface area contributed by atoms with Gasteiger partial charge in [-0.2, -0.15) is 0 Å². The van der Waals surface area contributed by atoms with Gasteiger partial charge in [-0.15, -0.1) is 0 Å². The molecule has 8 saturated carbocycles. The zero-order chi connectivity index (χ0) is 41.9. The predicted octanol–water partition coefficient (Wildman–Crippen LogP) is 15.3. The molecule has 8 rings (SSSR count). The molecular weight excluding hydrogens is 727 g/mol. The highest BCUT2D eigenvalue weighted by molar-refractivity contribution is 5.00. The summed E-state index contributed by atoms with van der Waals surface area (Å²) in [5.74, 6) is 9.32. The Hall–Kier alpha value is -0.120. The van der Waals surface area contributed by atoms with E-state index in [0.29, 0.717) is 0 Å². The van der Waals surface area contributed by atoms with Gasteiger partial charge in [0, 0.05) is 54.4 Å². The molecule has 8 aliphatic rings. The molecule has 8 atom stereocenters. The number of hydrogen-bond acceptors (Lipinski definition) is 3. The van der Waals surface area contributed by atoms with E-state index >= 15 is 0 Å².